The molecule has 0 spiro atoms. The van der Waals surface area contributed by atoms with Crippen LogP contribution in [0.1, 0.15) is 51.8 Å². The fourth-order valence-electron chi connectivity index (χ4n) is 5.61. The van der Waals surface area contributed by atoms with Crippen LogP contribution < -0.4 is 0 Å². The van der Waals surface area contributed by atoms with E-state index in [0.717, 1.165) is 60.7 Å². The Bertz CT molecular complexity index is 2320. The minimum atomic E-state index is -2.30. The lowest BCUT2D eigenvalue weighted by Crippen LogP contribution is -2.63. The van der Waals surface area contributed by atoms with E-state index in [-0.39, 0.29) is 0 Å². The maximum absolute atomic E-state index is 14.9. The number of ether oxygens (including phenoxy) is 6. The fourth-order valence-corrected chi connectivity index (χ4v) is 5.61. The Morgan fingerprint density at radius 2 is 0.702 bits per heavy atom. The zero-order valence-electron chi connectivity index (χ0n) is 29.0. The molecule has 0 amide bonds. The third-order valence-electron chi connectivity index (χ3n) is 8.39. The second-order valence-corrected chi connectivity index (χ2v) is 12.1. The first-order valence-corrected chi connectivity index (χ1v) is 16.8. The molecule has 0 radical (unpaired) electrons. The van der Waals surface area contributed by atoms with Gasteiger partial charge >= 0.3 is 29.8 Å². The summed E-state index contributed by atoms with van der Waals surface area (Å²) >= 11 is 0. The van der Waals surface area contributed by atoms with Gasteiger partial charge in [-0.05, 0) is 60.7 Å². The van der Waals surface area contributed by atoms with Gasteiger partial charge in [0.05, 0.1) is 27.8 Å². The summed E-state index contributed by atoms with van der Waals surface area (Å²) in [6, 6.07) is 22.4. The zero-order chi connectivity index (χ0) is 40.6. The van der Waals surface area contributed by atoms with E-state index < -0.39 is 124 Å². The van der Waals surface area contributed by atoms with Crippen LogP contribution in [-0.4, -0.2) is 67.2 Å². The van der Waals surface area contributed by atoms with Gasteiger partial charge in [0, 0.05) is 0 Å². The van der Waals surface area contributed by atoms with E-state index in [1.807, 2.05) is 0 Å². The van der Waals surface area contributed by atoms with Gasteiger partial charge in [-0.25, -0.2) is 45.9 Å². The van der Waals surface area contributed by atoms with Crippen LogP contribution in [-0.2, 0) is 28.4 Å². The maximum atomic E-state index is 14.9. The highest BCUT2D eigenvalue weighted by Gasteiger charge is 2.55. The summed E-state index contributed by atoms with van der Waals surface area (Å²) in [6.45, 7) is -1.03. The average molecular weight is 791 g/mol. The highest BCUT2D eigenvalue weighted by atomic mass is 19.1. The maximum Gasteiger partial charge on any atom is 0.343 e. The van der Waals surface area contributed by atoms with Crippen LogP contribution in [0.3, 0.4) is 0 Å². The van der Waals surface area contributed by atoms with Crippen LogP contribution in [0.15, 0.2) is 121 Å². The van der Waals surface area contributed by atoms with Crippen molar-refractivity contribution < 1.29 is 74.3 Å². The number of carbonyl (C=O) groups excluding carboxylic acids is 5. The molecule has 16 heteroatoms. The number of esters is 5. The normalized spacial score (nSPS) is 18.8. The summed E-state index contributed by atoms with van der Waals surface area (Å²) in [6.07, 6.45) is -10.9. The molecule has 0 saturated carbocycles. The molecule has 292 valence electrons. The van der Waals surface area contributed by atoms with Crippen molar-refractivity contribution in [3.8, 4) is 0 Å². The van der Waals surface area contributed by atoms with Crippen LogP contribution in [0.2, 0.25) is 0 Å². The largest absolute Gasteiger partial charge is 0.459 e. The van der Waals surface area contributed by atoms with E-state index in [1.54, 1.807) is 0 Å². The summed E-state index contributed by atoms with van der Waals surface area (Å²) in [5.41, 5.74) is -3.31. The summed E-state index contributed by atoms with van der Waals surface area (Å²) in [7, 11) is 0. The van der Waals surface area contributed by atoms with Gasteiger partial charge in [-0.15, -0.1) is 0 Å². The smallest absolute Gasteiger partial charge is 0.343 e. The van der Waals surface area contributed by atoms with E-state index in [1.165, 1.54) is 60.7 Å². The molecular weight excluding hydrogens is 763 g/mol. The molecule has 6 rings (SSSR count). The van der Waals surface area contributed by atoms with Gasteiger partial charge in [-0.2, -0.15) is 0 Å². The van der Waals surface area contributed by atoms with Crippen molar-refractivity contribution in [1.82, 2.24) is 0 Å². The summed E-state index contributed by atoms with van der Waals surface area (Å²) in [5.74, 6) is -12.5. The Hall–Kier alpha value is -6.94. The predicted molar refractivity (Wildman–Crippen MR) is 184 cm³/mol. The van der Waals surface area contributed by atoms with Gasteiger partial charge in [0.15, 0.2) is 12.2 Å². The Morgan fingerprint density at radius 3 is 1.07 bits per heavy atom. The van der Waals surface area contributed by atoms with Crippen molar-refractivity contribution in [1.29, 1.82) is 0 Å². The van der Waals surface area contributed by atoms with Crippen LogP contribution in [0.25, 0.3) is 0 Å². The average Bonchev–Trinajstić information content (AvgIpc) is 3.19. The minimum absolute atomic E-state index is 0.560. The quantitative estimate of drug-likeness (QED) is 0.0793. The van der Waals surface area contributed by atoms with Crippen LogP contribution in [0, 0.1) is 29.1 Å². The first-order valence-electron chi connectivity index (χ1n) is 16.8. The Balaban J connectivity index is 1.47. The molecule has 11 nitrogen and oxygen atoms in total. The molecule has 5 aromatic rings. The first kappa shape index (κ1) is 39.7. The van der Waals surface area contributed by atoms with Crippen LogP contribution in [0.4, 0.5) is 22.0 Å². The number of hydrogen-bond donors (Lipinski definition) is 0. The van der Waals surface area contributed by atoms with Gasteiger partial charge in [-0.1, -0.05) is 60.7 Å². The Morgan fingerprint density at radius 1 is 0.404 bits per heavy atom. The van der Waals surface area contributed by atoms with Crippen molar-refractivity contribution in [3.05, 3.63) is 178 Å². The van der Waals surface area contributed by atoms with Crippen molar-refractivity contribution in [2.45, 2.75) is 30.7 Å². The number of rotatable bonds is 11. The fraction of sp³-hybridized carbons (Fsp3) is 0.146. The second-order valence-electron chi connectivity index (χ2n) is 12.1. The summed E-state index contributed by atoms with van der Waals surface area (Å²) in [4.78, 5) is 67.2. The molecule has 0 aliphatic carbocycles. The topological polar surface area (TPSA) is 141 Å². The van der Waals surface area contributed by atoms with E-state index in [0.29, 0.717) is 0 Å². The molecule has 0 bridgehead atoms. The van der Waals surface area contributed by atoms with Crippen molar-refractivity contribution in [2.24, 2.45) is 0 Å². The van der Waals surface area contributed by atoms with Gasteiger partial charge in [0.2, 0.25) is 12.4 Å². The highest BCUT2D eigenvalue weighted by molar-refractivity contribution is 5.92. The molecule has 1 unspecified atom stereocenters. The van der Waals surface area contributed by atoms with E-state index in [4.69, 9.17) is 28.4 Å². The molecule has 1 saturated heterocycles. The molecule has 1 aliphatic heterocycles. The molecule has 1 heterocycles. The van der Waals surface area contributed by atoms with Crippen LogP contribution in [0.5, 0.6) is 0 Å². The number of hydrogen-bond acceptors (Lipinski definition) is 11. The molecular formula is C41H27F5O11. The monoisotopic (exact) mass is 790 g/mol. The van der Waals surface area contributed by atoms with Gasteiger partial charge in [0.25, 0.3) is 0 Å². The number of halogens is 5. The molecule has 0 N–H and O–H groups in total. The third-order valence-corrected chi connectivity index (χ3v) is 8.39. The predicted octanol–water partition coefficient (Wildman–Crippen LogP) is 6.80. The molecule has 57 heavy (non-hydrogen) atoms. The lowest BCUT2D eigenvalue weighted by atomic mass is 9.97. The SMILES string of the molecule is O=C(OC[C@H]1OC(OC(=O)c2ccccc2F)[C@H](OC(=O)c2ccccc2F)[C@@H](OC(=O)c2ccccc2F)[C@@H]1OC(=O)c1ccccc1F)c1ccccc1F. The Kier molecular flexibility index (Phi) is 12.3. The van der Waals surface area contributed by atoms with Gasteiger partial charge in [-0.3, -0.25) is 0 Å². The molecule has 1 aliphatic rings. The van der Waals surface area contributed by atoms with E-state index in [2.05, 4.69) is 0 Å². The standard InChI is InChI=1S/C41H27F5O11/c42-27-16-6-1-11-22(27)36(47)52-21-32-33(54-37(48)23-12-2-7-17-28(23)43)34(55-38(49)24-13-3-8-18-29(24)44)35(56-39(50)25-14-4-9-19-30(25)45)41(53-32)57-40(51)26-15-5-10-20-31(26)46/h1-20,32-35,41H,21H2/t32-,33-,34+,35-,41?/m1/s1. The lowest BCUT2D eigenvalue weighted by Gasteiger charge is -2.43. The van der Waals surface area contributed by atoms with E-state index >= 15 is 0 Å². The van der Waals surface area contributed by atoms with Crippen molar-refractivity contribution in [3.63, 3.8) is 0 Å². The van der Waals surface area contributed by atoms with Crippen molar-refractivity contribution in [2.75, 3.05) is 6.61 Å². The third kappa shape index (κ3) is 9.13. The lowest BCUT2D eigenvalue weighted by molar-refractivity contribution is -0.283. The molecule has 0 aromatic heterocycles. The highest BCUT2D eigenvalue weighted by Crippen LogP contribution is 2.33. The molecule has 1 fully saturated rings. The number of carbonyl (C=O) groups is 5. The van der Waals surface area contributed by atoms with Crippen molar-refractivity contribution >= 4 is 29.8 Å². The zero-order valence-corrected chi connectivity index (χ0v) is 29.0. The van der Waals surface area contributed by atoms with Crippen LogP contribution >= 0.6 is 0 Å². The molecule has 5 atom stereocenters. The minimum Gasteiger partial charge on any atom is -0.459 e. The first-order chi connectivity index (χ1) is 27.4. The summed E-state index contributed by atoms with van der Waals surface area (Å²) in [5, 5.41) is 0. The number of benzene rings is 5. The van der Waals surface area contributed by atoms with Gasteiger partial charge in [0.1, 0.15) is 41.8 Å². The summed E-state index contributed by atoms with van der Waals surface area (Å²) < 4.78 is 107. The molecule has 5 aromatic carbocycles. The Labute approximate surface area is 319 Å². The van der Waals surface area contributed by atoms with Gasteiger partial charge < -0.3 is 28.4 Å². The second kappa shape index (κ2) is 17.7. The van der Waals surface area contributed by atoms with E-state index in [9.17, 15) is 45.9 Å².